The second-order valence-electron chi connectivity index (χ2n) is 4.50. The lowest BCUT2D eigenvalue weighted by Crippen LogP contribution is -2.39. The fourth-order valence-electron chi connectivity index (χ4n) is 1.46. The van der Waals surface area contributed by atoms with Gasteiger partial charge in [-0.25, -0.2) is 22.3 Å². The predicted molar refractivity (Wildman–Crippen MR) is 71.8 cm³/mol. The molecule has 9 heteroatoms. The molecule has 1 aromatic rings. The SMILES string of the molecule is CC(C)NC(=O)CNS(=O)(=O)c1ccc(C(=O)O)cc1F. The fourth-order valence-corrected chi connectivity index (χ4v) is 2.50. The minimum Gasteiger partial charge on any atom is -0.478 e. The van der Waals surface area contributed by atoms with E-state index in [1.165, 1.54) is 0 Å². The van der Waals surface area contributed by atoms with E-state index < -0.39 is 39.2 Å². The van der Waals surface area contributed by atoms with Gasteiger partial charge in [0.1, 0.15) is 10.7 Å². The standard InChI is InChI=1S/C12H15FN2O5S/c1-7(2)15-11(16)6-14-21(19,20)10-4-3-8(12(17)18)5-9(10)13/h3-5,7,14H,6H2,1-2H3,(H,15,16)(H,17,18). The number of aromatic carboxylic acids is 1. The number of nitrogens with one attached hydrogen (secondary N) is 2. The van der Waals surface area contributed by atoms with Crippen molar-refractivity contribution in [2.24, 2.45) is 0 Å². The molecule has 0 saturated heterocycles. The van der Waals surface area contributed by atoms with Crippen LogP contribution in [-0.2, 0) is 14.8 Å². The molecule has 0 aliphatic carbocycles. The van der Waals surface area contributed by atoms with Crippen LogP contribution in [0.1, 0.15) is 24.2 Å². The molecule has 1 aromatic carbocycles. The van der Waals surface area contributed by atoms with Crippen molar-refractivity contribution in [2.45, 2.75) is 24.8 Å². The van der Waals surface area contributed by atoms with Crippen LogP contribution in [0.4, 0.5) is 4.39 Å². The molecule has 1 amide bonds. The summed E-state index contributed by atoms with van der Waals surface area (Å²) in [6.07, 6.45) is 0. The third kappa shape index (κ3) is 4.80. The van der Waals surface area contributed by atoms with Gasteiger partial charge in [0.25, 0.3) is 0 Å². The summed E-state index contributed by atoms with van der Waals surface area (Å²) >= 11 is 0. The quantitative estimate of drug-likeness (QED) is 0.699. The molecule has 0 aliphatic heterocycles. The van der Waals surface area contributed by atoms with Gasteiger partial charge in [-0.15, -0.1) is 0 Å². The van der Waals surface area contributed by atoms with Crippen molar-refractivity contribution < 1.29 is 27.5 Å². The van der Waals surface area contributed by atoms with Crippen molar-refractivity contribution in [3.8, 4) is 0 Å². The van der Waals surface area contributed by atoms with Gasteiger partial charge < -0.3 is 10.4 Å². The largest absolute Gasteiger partial charge is 0.478 e. The molecule has 0 unspecified atom stereocenters. The molecule has 0 bridgehead atoms. The van der Waals surface area contributed by atoms with E-state index in [1.54, 1.807) is 13.8 Å². The molecule has 3 N–H and O–H groups in total. The number of hydrogen-bond donors (Lipinski definition) is 3. The zero-order chi connectivity index (χ0) is 16.2. The minimum atomic E-state index is -4.24. The van der Waals surface area contributed by atoms with Crippen LogP contribution >= 0.6 is 0 Å². The number of amides is 1. The summed E-state index contributed by atoms with van der Waals surface area (Å²) in [5, 5.41) is 11.1. The topological polar surface area (TPSA) is 113 Å². The maximum Gasteiger partial charge on any atom is 0.335 e. The van der Waals surface area contributed by atoms with E-state index in [0.29, 0.717) is 6.07 Å². The summed E-state index contributed by atoms with van der Waals surface area (Å²) in [6, 6.07) is 2.24. The lowest BCUT2D eigenvalue weighted by Gasteiger charge is -2.10. The molecule has 1 rings (SSSR count). The smallest absolute Gasteiger partial charge is 0.335 e. The van der Waals surface area contributed by atoms with E-state index in [0.717, 1.165) is 12.1 Å². The van der Waals surface area contributed by atoms with Crippen molar-refractivity contribution in [2.75, 3.05) is 6.54 Å². The highest BCUT2D eigenvalue weighted by Gasteiger charge is 2.21. The second kappa shape index (κ2) is 6.64. The highest BCUT2D eigenvalue weighted by atomic mass is 32.2. The second-order valence-corrected chi connectivity index (χ2v) is 6.23. The first-order valence-corrected chi connectivity index (χ1v) is 7.43. The number of carboxylic acid groups (broad SMARTS) is 1. The first-order chi connectivity index (χ1) is 9.63. The van der Waals surface area contributed by atoms with Crippen LogP contribution in [-0.4, -0.2) is 38.0 Å². The van der Waals surface area contributed by atoms with Crippen LogP contribution in [0.5, 0.6) is 0 Å². The van der Waals surface area contributed by atoms with Gasteiger partial charge in [0, 0.05) is 6.04 Å². The van der Waals surface area contributed by atoms with Crippen LogP contribution in [0.3, 0.4) is 0 Å². The molecule has 7 nitrogen and oxygen atoms in total. The van der Waals surface area contributed by atoms with Crippen LogP contribution in [0.2, 0.25) is 0 Å². The van der Waals surface area contributed by atoms with Gasteiger partial charge in [-0.1, -0.05) is 0 Å². The normalized spacial score (nSPS) is 11.4. The van der Waals surface area contributed by atoms with Gasteiger partial charge in [-0.3, -0.25) is 4.79 Å². The fraction of sp³-hybridized carbons (Fsp3) is 0.333. The maximum absolute atomic E-state index is 13.7. The third-order valence-corrected chi connectivity index (χ3v) is 3.78. The molecule has 0 radical (unpaired) electrons. The van der Waals surface area contributed by atoms with Crippen molar-refractivity contribution in [1.82, 2.24) is 10.0 Å². The monoisotopic (exact) mass is 318 g/mol. The van der Waals surface area contributed by atoms with Crippen molar-refractivity contribution in [3.63, 3.8) is 0 Å². The van der Waals surface area contributed by atoms with Gasteiger partial charge in [-0.2, -0.15) is 0 Å². The predicted octanol–water partition coefficient (Wildman–Crippen LogP) is 0.327. The van der Waals surface area contributed by atoms with Gasteiger partial charge in [0.15, 0.2) is 0 Å². The minimum absolute atomic E-state index is 0.159. The molecule has 0 saturated carbocycles. The maximum atomic E-state index is 13.7. The summed E-state index contributed by atoms with van der Waals surface area (Å²) in [5.41, 5.74) is -0.371. The van der Waals surface area contributed by atoms with Crippen molar-refractivity contribution >= 4 is 21.9 Å². The average Bonchev–Trinajstić information content (AvgIpc) is 2.35. The Balaban J connectivity index is 2.88. The Labute approximate surface area is 121 Å². The molecule has 21 heavy (non-hydrogen) atoms. The van der Waals surface area contributed by atoms with Gasteiger partial charge in [0.2, 0.25) is 15.9 Å². The van der Waals surface area contributed by atoms with Gasteiger partial charge in [0.05, 0.1) is 12.1 Å². The van der Waals surface area contributed by atoms with E-state index in [2.05, 4.69) is 5.32 Å². The first kappa shape index (κ1) is 17.1. The van der Waals surface area contributed by atoms with E-state index in [4.69, 9.17) is 5.11 Å². The zero-order valence-electron chi connectivity index (χ0n) is 11.4. The Bertz CT molecular complexity index is 658. The van der Waals surface area contributed by atoms with E-state index in [1.807, 2.05) is 4.72 Å². The molecule has 0 atom stereocenters. The van der Waals surface area contributed by atoms with Crippen LogP contribution < -0.4 is 10.0 Å². The Morgan fingerprint density at radius 1 is 1.33 bits per heavy atom. The summed E-state index contributed by atoms with van der Waals surface area (Å²) in [6.45, 7) is 2.87. The molecule has 0 heterocycles. The first-order valence-electron chi connectivity index (χ1n) is 5.95. The summed E-state index contributed by atoms with van der Waals surface area (Å²) in [4.78, 5) is 21.3. The van der Waals surface area contributed by atoms with E-state index in [-0.39, 0.29) is 11.6 Å². The number of carboxylic acids is 1. The molecule has 116 valence electrons. The van der Waals surface area contributed by atoms with Crippen LogP contribution in [0.15, 0.2) is 23.1 Å². The molecule has 0 aromatic heterocycles. The molecule has 0 aliphatic rings. The molecule has 0 fully saturated rings. The van der Waals surface area contributed by atoms with Crippen LogP contribution in [0, 0.1) is 5.82 Å². The Morgan fingerprint density at radius 2 is 1.95 bits per heavy atom. The molecular formula is C12H15FN2O5S. The molecular weight excluding hydrogens is 303 g/mol. The molecule has 0 spiro atoms. The Hall–Kier alpha value is -2.00. The summed E-state index contributed by atoms with van der Waals surface area (Å²) in [5.74, 6) is -3.13. The zero-order valence-corrected chi connectivity index (χ0v) is 12.2. The lowest BCUT2D eigenvalue weighted by atomic mass is 10.2. The number of carbonyl (C=O) groups is 2. The van der Waals surface area contributed by atoms with E-state index >= 15 is 0 Å². The number of carbonyl (C=O) groups excluding carboxylic acids is 1. The highest BCUT2D eigenvalue weighted by molar-refractivity contribution is 7.89. The number of sulfonamides is 1. The number of halogens is 1. The van der Waals surface area contributed by atoms with E-state index in [9.17, 15) is 22.4 Å². The van der Waals surface area contributed by atoms with Gasteiger partial charge >= 0.3 is 5.97 Å². The average molecular weight is 318 g/mol. The number of hydrogen-bond acceptors (Lipinski definition) is 4. The highest BCUT2D eigenvalue weighted by Crippen LogP contribution is 2.15. The third-order valence-electron chi connectivity index (χ3n) is 2.34. The summed E-state index contributed by atoms with van der Waals surface area (Å²) < 4.78 is 39.3. The van der Waals surface area contributed by atoms with Gasteiger partial charge in [-0.05, 0) is 32.0 Å². The number of benzene rings is 1. The lowest BCUT2D eigenvalue weighted by molar-refractivity contribution is -0.120. The van der Waals surface area contributed by atoms with Crippen molar-refractivity contribution in [3.05, 3.63) is 29.6 Å². The Kier molecular flexibility index (Phi) is 5.39. The van der Waals surface area contributed by atoms with Crippen LogP contribution in [0.25, 0.3) is 0 Å². The summed E-state index contributed by atoms with van der Waals surface area (Å²) in [7, 11) is -4.24. The Morgan fingerprint density at radius 3 is 2.43 bits per heavy atom. The van der Waals surface area contributed by atoms with Crippen molar-refractivity contribution in [1.29, 1.82) is 0 Å². The number of rotatable bonds is 6.